The Bertz CT molecular complexity index is 798. The molecule has 21 heavy (non-hydrogen) atoms. The largest absolute Gasteiger partial charge is 0.398 e. The average molecular weight is 352 g/mol. The molecule has 8 heteroatoms. The summed E-state index contributed by atoms with van der Waals surface area (Å²) in [6, 6.07) is 8.35. The van der Waals surface area contributed by atoms with E-state index in [1.54, 1.807) is 12.1 Å². The number of halogens is 3. The van der Waals surface area contributed by atoms with E-state index in [0.29, 0.717) is 10.0 Å². The molecular weight excluding hydrogens is 344 g/mol. The first-order valence-electron chi connectivity index (χ1n) is 5.86. The Morgan fingerprint density at radius 3 is 2.67 bits per heavy atom. The molecule has 0 aliphatic heterocycles. The van der Waals surface area contributed by atoms with Crippen molar-refractivity contribution in [2.75, 3.05) is 5.73 Å². The Kier molecular flexibility index (Phi) is 3.38. The molecule has 3 aromatic rings. The van der Waals surface area contributed by atoms with Gasteiger partial charge in [-0.05, 0) is 56.7 Å². The summed E-state index contributed by atoms with van der Waals surface area (Å²) < 4.78 is 28.9. The summed E-state index contributed by atoms with van der Waals surface area (Å²) in [5, 5.41) is 11.2. The zero-order chi connectivity index (χ0) is 15.0. The highest BCUT2D eigenvalue weighted by atomic mass is 79.9. The molecule has 3 rings (SSSR count). The van der Waals surface area contributed by atoms with Crippen LogP contribution in [0.2, 0.25) is 0 Å². The van der Waals surface area contributed by atoms with Gasteiger partial charge in [-0.2, -0.15) is 4.68 Å². The number of nitrogens with zero attached hydrogens (tertiary/aromatic N) is 4. The van der Waals surface area contributed by atoms with Gasteiger partial charge in [-0.3, -0.25) is 0 Å². The van der Waals surface area contributed by atoms with Crippen molar-refractivity contribution >= 4 is 21.6 Å². The van der Waals surface area contributed by atoms with E-state index in [-0.39, 0.29) is 17.2 Å². The SMILES string of the molecule is Nc1cc(F)ccc1-c1nnnn1-c1c(F)cccc1Br. The third-order valence-electron chi connectivity index (χ3n) is 2.87. The fraction of sp³-hybridized carbons (Fsp3) is 0. The quantitative estimate of drug-likeness (QED) is 0.720. The fourth-order valence-corrected chi connectivity index (χ4v) is 2.44. The normalized spacial score (nSPS) is 10.8. The Morgan fingerprint density at radius 2 is 1.95 bits per heavy atom. The minimum atomic E-state index is -0.501. The number of anilines is 1. The van der Waals surface area contributed by atoms with Crippen LogP contribution in [0.5, 0.6) is 0 Å². The number of benzene rings is 2. The highest BCUT2D eigenvalue weighted by Gasteiger charge is 2.18. The molecule has 0 atom stereocenters. The number of hydrogen-bond acceptors (Lipinski definition) is 4. The van der Waals surface area contributed by atoms with Crippen LogP contribution in [-0.2, 0) is 0 Å². The Hall–Kier alpha value is -2.35. The van der Waals surface area contributed by atoms with Gasteiger partial charge in [0.05, 0.1) is 0 Å². The maximum atomic E-state index is 14.0. The van der Waals surface area contributed by atoms with Crippen molar-refractivity contribution in [2.24, 2.45) is 0 Å². The molecule has 0 saturated heterocycles. The van der Waals surface area contributed by atoms with E-state index in [1.165, 1.54) is 22.9 Å². The smallest absolute Gasteiger partial charge is 0.189 e. The number of para-hydroxylation sites is 1. The van der Waals surface area contributed by atoms with Gasteiger partial charge in [-0.15, -0.1) is 5.10 Å². The van der Waals surface area contributed by atoms with Crippen molar-refractivity contribution in [2.45, 2.75) is 0 Å². The van der Waals surface area contributed by atoms with Gasteiger partial charge in [0.15, 0.2) is 5.82 Å². The lowest BCUT2D eigenvalue weighted by atomic mass is 10.1. The van der Waals surface area contributed by atoms with Crippen LogP contribution in [0.1, 0.15) is 0 Å². The second-order valence-electron chi connectivity index (χ2n) is 4.22. The predicted octanol–water partition coefficient (Wildman–Crippen LogP) is 2.95. The summed E-state index contributed by atoms with van der Waals surface area (Å²) in [4.78, 5) is 0. The van der Waals surface area contributed by atoms with Gasteiger partial charge >= 0.3 is 0 Å². The first kappa shape index (κ1) is 13.6. The first-order chi connectivity index (χ1) is 10.1. The van der Waals surface area contributed by atoms with Crippen molar-refractivity contribution in [3.63, 3.8) is 0 Å². The summed E-state index contributed by atoms with van der Waals surface area (Å²) in [6.45, 7) is 0. The lowest BCUT2D eigenvalue weighted by Crippen LogP contribution is -2.05. The average Bonchev–Trinajstić information content (AvgIpc) is 2.87. The summed E-state index contributed by atoms with van der Waals surface area (Å²) in [6.07, 6.45) is 0. The number of nitrogen functional groups attached to an aromatic ring is 1. The highest BCUT2D eigenvalue weighted by molar-refractivity contribution is 9.10. The molecule has 0 aliphatic rings. The third-order valence-corrected chi connectivity index (χ3v) is 3.51. The number of rotatable bonds is 2. The molecule has 0 saturated carbocycles. The van der Waals surface area contributed by atoms with Crippen LogP contribution in [0.25, 0.3) is 17.1 Å². The minimum absolute atomic E-state index is 0.154. The van der Waals surface area contributed by atoms with Crippen molar-refractivity contribution in [1.29, 1.82) is 0 Å². The highest BCUT2D eigenvalue weighted by Crippen LogP contribution is 2.30. The molecule has 2 aromatic carbocycles. The molecule has 0 amide bonds. The minimum Gasteiger partial charge on any atom is -0.398 e. The first-order valence-corrected chi connectivity index (χ1v) is 6.65. The molecule has 0 unspecified atom stereocenters. The van der Waals surface area contributed by atoms with Crippen LogP contribution in [0.3, 0.4) is 0 Å². The van der Waals surface area contributed by atoms with Crippen LogP contribution in [0.4, 0.5) is 14.5 Å². The summed E-state index contributed by atoms with van der Waals surface area (Å²) >= 11 is 3.26. The second kappa shape index (κ2) is 5.21. The molecule has 0 bridgehead atoms. The fourth-order valence-electron chi connectivity index (χ4n) is 1.93. The van der Waals surface area contributed by atoms with Gasteiger partial charge in [0, 0.05) is 15.7 Å². The number of hydrogen-bond donors (Lipinski definition) is 1. The molecule has 1 aromatic heterocycles. The van der Waals surface area contributed by atoms with Crippen molar-refractivity contribution in [3.8, 4) is 17.1 Å². The van der Waals surface area contributed by atoms with Gasteiger partial charge in [0.25, 0.3) is 0 Å². The zero-order valence-electron chi connectivity index (χ0n) is 10.5. The Labute approximate surface area is 126 Å². The van der Waals surface area contributed by atoms with E-state index >= 15 is 0 Å². The van der Waals surface area contributed by atoms with Crippen molar-refractivity contribution in [3.05, 3.63) is 52.5 Å². The van der Waals surface area contributed by atoms with Gasteiger partial charge in [0.1, 0.15) is 17.3 Å². The lowest BCUT2D eigenvalue weighted by Gasteiger charge is -2.09. The monoisotopic (exact) mass is 351 g/mol. The Morgan fingerprint density at radius 1 is 1.14 bits per heavy atom. The maximum absolute atomic E-state index is 14.0. The maximum Gasteiger partial charge on any atom is 0.189 e. The van der Waals surface area contributed by atoms with Crippen molar-refractivity contribution < 1.29 is 8.78 Å². The predicted molar refractivity (Wildman–Crippen MR) is 76.6 cm³/mol. The summed E-state index contributed by atoms with van der Waals surface area (Å²) in [7, 11) is 0. The zero-order valence-corrected chi connectivity index (χ0v) is 12.1. The summed E-state index contributed by atoms with van der Waals surface area (Å²) in [5.41, 5.74) is 6.51. The van der Waals surface area contributed by atoms with E-state index < -0.39 is 11.6 Å². The molecule has 1 heterocycles. The number of tetrazole rings is 1. The molecule has 106 valence electrons. The molecule has 0 aliphatic carbocycles. The number of aromatic nitrogens is 4. The van der Waals surface area contributed by atoms with Gasteiger partial charge < -0.3 is 5.73 Å². The second-order valence-corrected chi connectivity index (χ2v) is 5.07. The van der Waals surface area contributed by atoms with E-state index in [0.717, 1.165) is 6.07 Å². The van der Waals surface area contributed by atoms with Crippen LogP contribution >= 0.6 is 15.9 Å². The van der Waals surface area contributed by atoms with Crippen LogP contribution < -0.4 is 5.73 Å². The van der Waals surface area contributed by atoms with Crippen LogP contribution in [0, 0.1) is 11.6 Å². The molecular formula is C13H8BrF2N5. The molecule has 5 nitrogen and oxygen atoms in total. The van der Waals surface area contributed by atoms with Crippen LogP contribution in [-0.4, -0.2) is 20.2 Å². The molecule has 0 fully saturated rings. The molecule has 0 spiro atoms. The molecule has 2 N–H and O–H groups in total. The lowest BCUT2D eigenvalue weighted by molar-refractivity contribution is 0.606. The third kappa shape index (κ3) is 2.38. The van der Waals surface area contributed by atoms with E-state index in [1.807, 2.05) is 0 Å². The standard InChI is InChI=1S/C13H8BrF2N5/c14-9-2-1-3-10(16)12(9)21-13(18-19-20-21)8-5-4-7(15)6-11(8)17/h1-6H,17H2. The van der Waals surface area contributed by atoms with Crippen molar-refractivity contribution in [1.82, 2.24) is 20.2 Å². The van der Waals surface area contributed by atoms with Crippen LogP contribution in [0.15, 0.2) is 40.9 Å². The Balaban J connectivity index is 2.22. The van der Waals surface area contributed by atoms with E-state index in [4.69, 9.17) is 5.73 Å². The van der Waals surface area contributed by atoms with Gasteiger partial charge in [-0.1, -0.05) is 6.07 Å². The number of nitrogens with two attached hydrogens (primary N) is 1. The summed E-state index contributed by atoms with van der Waals surface area (Å²) in [5.74, 6) is -0.751. The molecule has 0 radical (unpaired) electrons. The van der Waals surface area contributed by atoms with E-state index in [9.17, 15) is 8.78 Å². The topological polar surface area (TPSA) is 69.6 Å². The van der Waals surface area contributed by atoms with E-state index in [2.05, 4.69) is 31.5 Å². The van der Waals surface area contributed by atoms with Gasteiger partial charge in [-0.25, -0.2) is 8.78 Å². The van der Waals surface area contributed by atoms with Gasteiger partial charge in [0.2, 0.25) is 0 Å².